The molecular weight excluding hydrogens is 336 g/mol. The molecule has 0 radical (unpaired) electrons. The Bertz CT molecular complexity index is 684. The number of ether oxygens (including phenoxy) is 1. The number of aliphatic hydroxyl groups excluding tert-OH is 1. The predicted molar refractivity (Wildman–Crippen MR) is 111 cm³/mol. The van der Waals surface area contributed by atoms with Gasteiger partial charge in [0.2, 0.25) is 0 Å². The van der Waals surface area contributed by atoms with Gasteiger partial charge in [0.15, 0.2) is 0 Å². The number of piperazine rings is 1. The van der Waals surface area contributed by atoms with Gasteiger partial charge in [-0.1, -0.05) is 50.2 Å². The molecule has 0 aromatic heterocycles. The van der Waals surface area contributed by atoms with E-state index in [1.54, 1.807) is 0 Å². The van der Waals surface area contributed by atoms with Crippen LogP contribution in [0.4, 0.5) is 5.69 Å². The van der Waals surface area contributed by atoms with Crippen LogP contribution >= 0.6 is 0 Å². The highest BCUT2D eigenvalue weighted by Crippen LogP contribution is 2.28. The first kappa shape index (κ1) is 19.7. The Morgan fingerprint density at radius 2 is 1.70 bits per heavy atom. The zero-order chi connectivity index (χ0) is 19.1. The molecule has 1 saturated heterocycles. The number of hydrogen-bond acceptors (Lipinski definition) is 3. The van der Waals surface area contributed by atoms with E-state index in [2.05, 4.69) is 61.2 Å². The van der Waals surface area contributed by atoms with Gasteiger partial charge in [0.1, 0.15) is 25.0 Å². The van der Waals surface area contributed by atoms with E-state index in [1.165, 1.54) is 16.2 Å². The van der Waals surface area contributed by atoms with Crippen LogP contribution in [-0.4, -0.2) is 50.5 Å². The first-order valence-electron chi connectivity index (χ1n) is 10.2. The molecule has 4 nitrogen and oxygen atoms in total. The van der Waals surface area contributed by atoms with Crippen molar-refractivity contribution in [1.82, 2.24) is 0 Å². The lowest BCUT2D eigenvalue weighted by molar-refractivity contribution is -0.903. The molecule has 0 spiro atoms. The smallest absolute Gasteiger partial charge is 0.137 e. The monoisotopic (exact) mass is 369 g/mol. The molecule has 0 unspecified atom stereocenters. The Labute approximate surface area is 163 Å². The molecule has 1 fully saturated rings. The van der Waals surface area contributed by atoms with Crippen LogP contribution < -0.4 is 14.5 Å². The zero-order valence-electron chi connectivity index (χ0n) is 16.6. The van der Waals surface area contributed by atoms with Gasteiger partial charge in [-0.25, -0.2) is 0 Å². The largest absolute Gasteiger partial charge is 0.490 e. The summed E-state index contributed by atoms with van der Waals surface area (Å²) in [5.74, 6) is 1.38. The third-order valence-electron chi connectivity index (χ3n) is 5.61. The first-order valence-corrected chi connectivity index (χ1v) is 10.2. The molecule has 1 aliphatic heterocycles. The van der Waals surface area contributed by atoms with Crippen LogP contribution in [0.1, 0.15) is 31.7 Å². The van der Waals surface area contributed by atoms with Crippen molar-refractivity contribution in [1.29, 1.82) is 0 Å². The summed E-state index contributed by atoms with van der Waals surface area (Å²) >= 11 is 0. The Hall–Kier alpha value is -2.04. The van der Waals surface area contributed by atoms with E-state index in [0.717, 1.165) is 44.9 Å². The second-order valence-electron chi connectivity index (χ2n) is 7.59. The summed E-state index contributed by atoms with van der Waals surface area (Å²) in [5, 5.41) is 10.5. The summed E-state index contributed by atoms with van der Waals surface area (Å²) in [4.78, 5) is 3.88. The second kappa shape index (κ2) is 9.77. The number of quaternary nitrogens is 1. The van der Waals surface area contributed by atoms with Gasteiger partial charge in [-0.15, -0.1) is 0 Å². The van der Waals surface area contributed by atoms with Crippen LogP contribution in [0.5, 0.6) is 5.75 Å². The third-order valence-corrected chi connectivity index (χ3v) is 5.61. The van der Waals surface area contributed by atoms with Gasteiger partial charge in [0, 0.05) is 5.69 Å². The van der Waals surface area contributed by atoms with Gasteiger partial charge in [-0.05, 0) is 36.1 Å². The van der Waals surface area contributed by atoms with Crippen molar-refractivity contribution in [3.63, 3.8) is 0 Å². The number of anilines is 1. The van der Waals surface area contributed by atoms with Crippen molar-refractivity contribution in [2.24, 2.45) is 0 Å². The average molecular weight is 370 g/mol. The SMILES string of the molecule is CC[C@H](C)c1ccccc1OC[C@H](O)C[NH+]1CCN(c2ccccc2)CC1. The minimum atomic E-state index is -0.437. The quantitative estimate of drug-likeness (QED) is 0.750. The number of benzene rings is 2. The Morgan fingerprint density at radius 1 is 1.04 bits per heavy atom. The summed E-state index contributed by atoms with van der Waals surface area (Å²) < 4.78 is 5.98. The molecule has 0 bridgehead atoms. The molecule has 146 valence electrons. The Balaban J connectivity index is 1.45. The Kier molecular flexibility index (Phi) is 7.13. The van der Waals surface area contributed by atoms with E-state index in [-0.39, 0.29) is 0 Å². The molecule has 0 amide bonds. The number of rotatable bonds is 8. The molecule has 4 heteroatoms. The Morgan fingerprint density at radius 3 is 2.41 bits per heavy atom. The number of hydrogen-bond donors (Lipinski definition) is 2. The summed E-state index contributed by atoms with van der Waals surface area (Å²) in [5.41, 5.74) is 2.53. The maximum atomic E-state index is 10.5. The molecule has 2 aromatic rings. The van der Waals surface area contributed by atoms with Crippen LogP contribution in [0, 0.1) is 0 Å². The number of aliphatic hydroxyl groups is 1. The fraction of sp³-hybridized carbons (Fsp3) is 0.478. The standard InChI is InChI=1S/C23H32N2O2/c1-3-19(2)22-11-7-8-12-23(22)27-18-21(26)17-24-13-15-25(16-14-24)20-9-5-4-6-10-20/h4-12,19,21,26H,3,13-18H2,1-2H3/p+1/t19-,21+/m0/s1. The van der Waals surface area contributed by atoms with Gasteiger partial charge in [0.25, 0.3) is 0 Å². The van der Waals surface area contributed by atoms with Crippen LogP contribution in [0.3, 0.4) is 0 Å². The highest BCUT2D eigenvalue weighted by Gasteiger charge is 2.23. The summed E-state index contributed by atoms with van der Waals surface area (Å²) in [6.07, 6.45) is 0.645. The van der Waals surface area contributed by atoms with Gasteiger partial charge >= 0.3 is 0 Å². The number of nitrogens with one attached hydrogen (secondary N) is 1. The number of para-hydroxylation sites is 2. The van der Waals surface area contributed by atoms with Crippen molar-refractivity contribution < 1.29 is 14.7 Å². The highest BCUT2D eigenvalue weighted by molar-refractivity contribution is 5.46. The molecule has 2 aromatic carbocycles. The average Bonchev–Trinajstić information content (AvgIpc) is 2.73. The normalized spacial score (nSPS) is 17.5. The second-order valence-corrected chi connectivity index (χ2v) is 7.59. The lowest BCUT2D eigenvalue weighted by Gasteiger charge is -2.34. The molecule has 0 saturated carbocycles. The van der Waals surface area contributed by atoms with Gasteiger partial charge in [-0.2, -0.15) is 0 Å². The van der Waals surface area contributed by atoms with Crippen LogP contribution in [0.2, 0.25) is 0 Å². The van der Waals surface area contributed by atoms with Crippen LogP contribution in [0.15, 0.2) is 54.6 Å². The lowest BCUT2D eigenvalue weighted by Crippen LogP contribution is -3.16. The van der Waals surface area contributed by atoms with Crippen molar-refractivity contribution >= 4 is 5.69 Å². The molecule has 1 aliphatic rings. The van der Waals surface area contributed by atoms with Crippen LogP contribution in [0.25, 0.3) is 0 Å². The highest BCUT2D eigenvalue weighted by atomic mass is 16.5. The lowest BCUT2D eigenvalue weighted by atomic mass is 9.98. The van der Waals surface area contributed by atoms with Crippen LogP contribution in [-0.2, 0) is 0 Å². The minimum absolute atomic E-state index is 0.360. The van der Waals surface area contributed by atoms with Gasteiger partial charge in [0.05, 0.1) is 26.2 Å². The maximum Gasteiger partial charge on any atom is 0.137 e. The van der Waals surface area contributed by atoms with Gasteiger partial charge in [-0.3, -0.25) is 0 Å². The van der Waals surface area contributed by atoms with E-state index in [0.29, 0.717) is 12.5 Å². The van der Waals surface area contributed by atoms with Crippen molar-refractivity contribution in [2.75, 3.05) is 44.2 Å². The van der Waals surface area contributed by atoms with Gasteiger partial charge < -0.3 is 19.6 Å². The minimum Gasteiger partial charge on any atom is -0.490 e. The summed E-state index contributed by atoms with van der Waals surface area (Å²) in [6, 6.07) is 18.8. The fourth-order valence-electron chi connectivity index (χ4n) is 3.74. The molecule has 2 N–H and O–H groups in total. The third kappa shape index (κ3) is 5.47. The summed E-state index contributed by atoms with van der Waals surface area (Å²) in [7, 11) is 0. The summed E-state index contributed by atoms with van der Waals surface area (Å²) in [6.45, 7) is 9.68. The first-order chi connectivity index (χ1) is 13.2. The van der Waals surface area contributed by atoms with E-state index in [1.807, 2.05) is 12.1 Å². The molecule has 27 heavy (non-hydrogen) atoms. The zero-order valence-corrected chi connectivity index (χ0v) is 16.6. The molecule has 1 heterocycles. The van der Waals surface area contributed by atoms with E-state index >= 15 is 0 Å². The molecule has 0 aliphatic carbocycles. The maximum absolute atomic E-state index is 10.5. The molecule has 3 rings (SSSR count). The van der Waals surface area contributed by atoms with E-state index in [9.17, 15) is 5.11 Å². The molecular formula is C23H33N2O2+. The van der Waals surface area contributed by atoms with E-state index in [4.69, 9.17) is 4.74 Å². The van der Waals surface area contributed by atoms with Crippen molar-refractivity contribution in [3.05, 3.63) is 60.2 Å². The topological polar surface area (TPSA) is 37.1 Å². The van der Waals surface area contributed by atoms with Crippen molar-refractivity contribution in [3.8, 4) is 5.75 Å². The van der Waals surface area contributed by atoms with E-state index < -0.39 is 6.10 Å². The number of nitrogens with zero attached hydrogens (tertiary/aromatic N) is 1. The molecule has 2 atom stereocenters. The van der Waals surface area contributed by atoms with Crippen molar-refractivity contribution in [2.45, 2.75) is 32.3 Å². The predicted octanol–water partition coefficient (Wildman–Crippen LogP) is 2.34. The fourth-order valence-corrected chi connectivity index (χ4v) is 3.74.